The largest absolute Gasteiger partial charge is 0.308 e. The van der Waals surface area contributed by atoms with Gasteiger partial charge in [0.15, 0.2) is 0 Å². The van der Waals surface area contributed by atoms with E-state index in [9.17, 15) is 0 Å². The highest BCUT2D eigenvalue weighted by Crippen LogP contribution is 2.13. The first-order chi connectivity index (χ1) is 4.59. The zero-order valence-corrected chi connectivity index (χ0v) is 7.39. The lowest BCUT2D eigenvalue weighted by molar-refractivity contribution is 0.320. The second kappa shape index (κ2) is 4.31. The molecule has 60 valence electrons. The molecular formula is C8H18N2. The Balaban J connectivity index is 3.68. The van der Waals surface area contributed by atoms with Crippen LogP contribution in [0.3, 0.4) is 0 Å². The molecule has 2 heteroatoms. The van der Waals surface area contributed by atoms with Gasteiger partial charge in [0.2, 0.25) is 0 Å². The summed E-state index contributed by atoms with van der Waals surface area (Å²) in [4.78, 5) is 0. The van der Waals surface area contributed by atoms with Crippen LogP contribution in [0.15, 0.2) is 5.10 Å². The predicted molar refractivity (Wildman–Crippen MR) is 46.1 cm³/mol. The van der Waals surface area contributed by atoms with Crippen LogP contribution in [-0.2, 0) is 0 Å². The fourth-order valence-corrected chi connectivity index (χ4v) is 0.839. The van der Waals surface area contributed by atoms with Crippen molar-refractivity contribution in [2.24, 2.45) is 16.9 Å². The number of hydrazone groups is 1. The molecule has 1 N–H and O–H groups in total. The van der Waals surface area contributed by atoms with E-state index in [-0.39, 0.29) is 0 Å². The summed E-state index contributed by atoms with van der Waals surface area (Å²) < 4.78 is 0. The van der Waals surface area contributed by atoms with Crippen LogP contribution >= 0.6 is 0 Å². The van der Waals surface area contributed by atoms with Crippen LogP contribution in [0.2, 0.25) is 0 Å². The monoisotopic (exact) mass is 142 g/mol. The van der Waals surface area contributed by atoms with Gasteiger partial charge in [-0.3, -0.25) is 0 Å². The highest BCUT2D eigenvalue weighted by molar-refractivity contribution is 5.22. The van der Waals surface area contributed by atoms with Gasteiger partial charge in [-0.2, -0.15) is 5.10 Å². The van der Waals surface area contributed by atoms with Gasteiger partial charge in [-0.05, 0) is 18.8 Å². The fraction of sp³-hybridized carbons (Fsp3) is 0.875. The maximum Gasteiger partial charge on any atom is 0.0439 e. The van der Waals surface area contributed by atoms with E-state index in [1.165, 1.54) is 0 Å². The summed E-state index contributed by atoms with van der Waals surface area (Å²) in [6, 6.07) is 0.428. The Bertz CT molecular complexity index is 99.4. The number of hydrogen-bond acceptors (Lipinski definition) is 2. The minimum Gasteiger partial charge on any atom is -0.308 e. The summed E-state index contributed by atoms with van der Waals surface area (Å²) in [5.41, 5.74) is 2.94. The fourth-order valence-electron chi connectivity index (χ4n) is 0.839. The first kappa shape index (κ1) is 9.47. The van der Waals surface area contributed by atoms with Crippen molar-refractivity contribution in [3.8, 4) is 0 Å². The van der Waals surface area contributed by atoms with E-state index in [1.807, 2.05) is 0 Å². The van der Waals surface area contributed by atoms with Crippen molar-refractivity contribution in [2.45, 2.75) is 33.7 Å². The number of nitrogens with zero attached hydrogens (tertiary/aromatic N) is 1. The van der Waals surface area contributed by atoms with Crippen molar-refractivity contribution < 1.29 is 0 Å². The Labute approximate surface area is 63.7 Å². The maximum absolute atomic E-state index is 3.64. The normalized spacial score (nSPS) is 16.5. The lowest BCUT2D eigenvalue weighted by atomic mass is 9.92. The highest BCUT2D eigenvalue weighted by atomic mass is 15.3. The van der Waals surface area contributed by atoms with Crippen molar-refractivity contribution in [3.05, 3.63) is 0 Å². The molecule has 0 saturated heterocycles. The SMILES string of the molecule is C=NNC(C)[C@H](C)C(C)C. The molecule has 2 nitrogen and oxygen atoms in total. The molecule has 0 aromatic rings. The van der Waals surface area contributed by atoms with Crippen LogP contribution in [0.1, 0.15) is 27.7 Å². The molecule has 0 bridgehead atoms. The van der Waals surface area contributed by atoms with E-state index in [4.69, 9.17) is 0 Å². The lowest BCUT2D eigenvalue weighted by Gasteiger charge is -2.22. The van der Waals surface area contributed by atoms with Crippen LogP contribution in [0, 0.1) is 11.8 Å². The van der Waals surface area contributed by atoms with Crippen molar-refractivity contribution >= 4 is 6.72 Å². The summed E-state index contributed by atoms with van der Waals surface area (Å²) in [6.07, 6.45) is 0. The highest BCUT2D eigenvalue weighted by Gasteiger charge is 2.13. The van der Waals surface area contributed by atoms with Gasteiger partial charge in [-0.15, -0.1) is 0 Å². The molecule has 0 aliphatic heterocycles. The minimum atomic E-state index is 0.428. The molecule has 0 rings (SSSR count). The number of rotatable bonds is 4. The van der Waals surface area contributed by atoms with Gasteiger partial charge in [0, 0.05) is 12.8 Å². The van der Waals surface area contributed by atoms with Crippen molar-refractivity contribution in [1.29, 1.82) is 0 Å². The van der Waals surface area contributed by atoms with E-state index in [2.05, 4.69) is 44.9 Å². The molecule has 0 fully saturated rings. The Kier molecular flexibility index (Phi) is 4.08. The average molecular weight is 142 g/mol. The number of nitrogens with one attached hydrogen (secondary N) is 1. The van der Waals surface area contributed by atoms with E-state index in [0.29, 0.717) is 17.9 Å². The van der Waals surface area contributed by atoms with Crippen molar-refractivity contribution in [2.75, 3.05) is 0 Å². The Morgan fingerprint density at radius 1 is 1.20 bits per heavy atom. The number of hydrogen-bond donors (Lipinski definition) is 1. The molecular weight excluding hydrogens is 124 g/mol. The zero-order valence-electron chi connectivity index (χ0n) is 7.39. The molecule has 1 unspecified atom stereocenters. The van der Waals surface area contributed by atoms with E-state index >= 15 is 0 Å². The van der Waals surface area contributed by atoms with Gasteiger partial charge in [0.25, 0.3) is 0 Å². The molecule has 2 atom stereocenters. The summed E-state index contributed by atoms with van der Waals surface area (Å²) in [5, 5.41) is 3.64. The quantitative estimate of drug-likeness (QED) is 0.470. The van der Waals surface area contributed by atoms with Gasteiger partial charge in [-0.1, -0.05) is 20.8 Å². The van der Waals surface area contributed by atoms with Crippen LogP contribution in [-0.4, -0.2) is 12.8 Å². The molecule has 0 saturated carbocycles. The van der Waals surface area contributed by atoms with E-state index in [0.717, 1.165) is 0 Å². The van der Waals surface area contributed by atoms with Gasteiger partial charge in [-0.25, -0.2) is 0 Å². The van der Waals surface area contributed by atoms with Gasteiger partial charge in [0.05, 0.1) is 0 Å². The molecule has 0 radical (unpaired) electrons. The summed E-state index contributed by atoms with van der Waals surface area (Å²) in [7, 11) is 0. The van der Waals surface area contributed by atoms with Gasteiger partial charge < -0.3 is 5.43 Å². The minimum absolute atomic E-state index is 0.428. The summed E-state index contributed by atoms with van der Waals surface area (Å²) in [5.74, 6) is 1.34. The first-order valence-electron chi connectivity index (χ1n) is 3.80. The first-order valence-corrected chi connectivity index (χ1v) is 3.80. The Hall–Kier alpha value is -0.530. The predicted octanol–water partition coefficient (Wildman–Crippen LogP) is 1.87. The zero-order chi connectivity index (χ0) is 8.15. The van der Waals surface area contributed by atoms with Crippen LogP contribution in [0.25, 0.3) is 0 Å². The average Bonchev–Trinajstić information content (AvgIpc) is 1.87. The lowest BCUT2D eigenvalue weighted by Crippen LogP contribution is -2.30. The smallest absolute Gasteiger partial charge is 0.0439 e. The standard InChI is InChI=1S/C8H18N2/c1-6(2)7(3)8(4)10-9-5/h6-8,10H,5H2,1-4H3/t7-,8?/m1/s1. The van der Waals surface area contributed by atoms with Gasteiger partial charge in [0.1, 0.15) is 0 Å². The Morgan fingerprint density at radius 3 is 2.00 bits per heavy atom. The molecule has 0 amide bonds. The third kappa shape index (κ3) is 2.85. The molecule has 0 aromatic carbocycles. The third-order valence-electron chi connectivity index (χ3n) is 2.14. The molecule has 0 aromatic heterocycles. The molecule has 0 spiro atoms. The Morgan fingerprint density at radius 2 is 1.70 bits per heavy atom. The third-order valence-corrected chi connectivity index (χ3v) is 2.14. The van der Waals surface area contributed by atoms with Crippen molar-refractivity contribution in [1.82, 2.24) is 5.43 Å². The van der Waals surface area contributed by atoms with E-state index < -0.39 is 0 Å². The molecule has 0 aliphatic carbocycles. The second-order valence-electron chi connectivity index (χ2n) is 3.18. The van der Waals surface area contributed by atoms with E-state index in [1.54, 1.807) is 0 Å². The topological polar surface area (TPSA) is 24.4 Å². The summed E-state index contributed by atoms with van der Waals surface area (Å²) in [6.45, 7) is 12.1. The second-order valence-corrected chi connectivity index (χ2v) is 3.18. The van der Waals surface area contributed by atoms with Crippen LogP contribution < -0.4 is 5.43 Å². The summed E-state index contributed by atoms with van der Waals surface area (Å²) >= 11 is 0. The maximum atomic E-state index is 3.64. The van der Waals surface area contributed by atoms with Gasteiger partial charge >= 0.3 is 0 Å². The van der Waals surface area contributed by atoms with Crippen LogP contribution in [0.5, 0.6) is 0 Å². The van der Waals surface area contributed by atoms with Crippen molar-refractivity contribution in [3.63, 3.8) is 0 Å². The molecule has 10 heavy (non-hydrogen) atoms. The molecule has 0 heterocycles. The van der Waals surface area contributed by atoms with Crippen LogP contribution in [0.4, 0.5) is 0 Å². The molecule has 0 aliphatic rings.